The first-order chi connectivity index (χ1) is 7.63. The van der Waals surface area contributed by atoms with Gasteiger partial charge in [-0.1, -0.05) is 6.92 Å². The van der Waals surface area contributed by atoms with Crippen LogP contribution in [0.15, 0.2) is 0 Å². The van der Waals surface area contributed by atoms with Crippen molar-refractivity contribution < 1.29 is 14.7 Å². The highest BCUT2D eigenvalue weighted by atomic mass is 16.4. The van der Waals surface area contributed by atoms with Gasteiger partial charge in [0.2, 0.25) is 5.91 Å². The Morgan fingerprint density at radius 3 is 2.56 bits per heavy atom. The molecule has 0 radical (unpaired) electrons. The van der Waals surface area contributed by atoms with E-state index < -0.39 is 5.97 Å². The number of nitrogens with zero attached hydrogens (tertiary/aromatic N) is 2. The van der Waals surface area contributed by atoms with Gasteiger partial charge >= 0.3 is 5.97 Å². The van der Waals surface area contributed by atoms with E-state index in [2.05, 4.69) is 4.90 Å². The Morgan fingerprint density at radius 1 is 1.19 bits per heavy atom. The zero-order valence-corrected chi connectivity index (χ0v) is 9.81. The normalized spacial score (nSPS) is 18.2. The molecule has 16 heavy (non-hydrogen) atoms. The molecule has 0 saturated carbocycles. The molecule has 1 aliphatic rings. The van der Waals surface area contributed by atoms with Gasteiger partial charge in [0.25, 0.3) is 0 Å². The molecular weight excluding hydrogens is 208 g/mol. The van der Waals surface area contributed by atoms with Crippen LogP contribution < -0.4 is 0 Å². The van der Waals surface area contributed by atoms with Gasteiger partial charge in [-0.05, 0) is 13.0 Å². The van der Waals surface area contributed by atoms with E-state index in [1.807, 2.05) is 11.8 Å². The Bertz CT molecular complexity index is 256. The zero-order chi connectivity index (χ0) is 12.0. The second-order valence-corrected chi connectivity index (χ2v) is 4.07. The molecule has 1 N–H and O–H groups in total. The number of carbonyl (C=O) groups is 2. The number of carboxylic acid groups (broad SMARTS) is 1. The SMILES string of the molecule is CCC(=O)N1CCCN(CCC(=O)O)CC1. The van der Waals surface area contributed by atoms with Gasteiger partial charge in [0.05, 0.1) is 6.42 Å². The molecule has 0 aromatic carbocycles. The van der Waals surface area contributed by atoms with Crippen molar-refractivity contribution in [3.05, 3.63) is 0 Å². The number of aliphatic carboxylic acids is 1. The standard InChI is InChI=1S/C11H20N2O3/c1-2-10(14)13-6-3-5-12(8-9-13)7-4-11(15)16/h2-9H2,1H3,(H,15,16). The van der Waals surface area contributed by atoms with Crippen LogP contribution >= 0.6 is 0 Å². The summed E-state index contributed by atoms with van der Waals surface area (Å²) in [7, 11) is 0. The number of carboxylic acids is 1. The minimum Gasteiger partial charge on any atom is -0.481 e. The van der Waals surface area contributed by atoms with E-state index in [1.54, 1.807) is 0 Å². The summed E-state index contributed by atoms with van der Waals surface area (Å²) in [5.41, 5.74) is 0. The Balaban J connectivity index is 2.34. The summed E-state index contributed by atoms with van der Waals surface area (Å²) in [5.74, 6) is -0.564. The summed E-state index contributed by atoms with van der Waals surface area (Å²) in [6, 6.07) is 0. The quantitative estimate of drug-likeness (QED) is 0.757. The predicted octanol–water partition coefficient (Wildman–Crippen LogP) is 0.405. The lowest BCUT2D eigenvalue weighted by molar-refractivity contribution is -0.137. The molecule has 1 amide bonds. The molecule has 0 spiro atoms. The van der Waals surface area contributed by atoms with Crippen molar-refractivity contribution in [1.82, 2.24) is 9.80 Å². The average Bonchev–Trinajstić information content (AvgIpc) is 2.50. The molecule has 0 aromatic heterocycles. The van der Waals surface area contributed by atoms with E-state index in [1.165, 1.54) is 0 Å². The molecule has 1 fully saturated rings. The second-order valence-electron chi connectivity index (χ2n) is 4.07. The second kappa shape index (κ2) is 6.48. The summed E-state index contributed by atoms with van der Waals surface area (Å²) in [5, 5.41) is 8.60. The van der Waals surface area contributed by atoms with Crippen LogP contribution in [0.2, 0.25) is 0 Å². The summed E-state index contributed by atoms with van der Waals surface area (Å²) in [6.07, 6.45) is 1.67. The highest BCUT2D eigenvalue weighted by Gasteiger charge is 2.17. The van der Waals surface area contributed by atoms with E-state index in [0.29, 0.717) is 13.0 Å². The Labute approximate surface area is 96.0 Å². The third kappa shape index (κ3) is 4.18. The van der Waals surface area contributed by atoms with Crippen LogP contribution in [0, 0.1) is 0 Å². The lowest BCUT2D eigenvalue weighted by atomic mass is 10.3. The monoisotopic (exact) mass is 228 g/mol. The molecule has 0 aromatic rings. The lowest BCUT2D eigenvalue weighted by Crippen LogP contribution is -2.35. The first-order valence-corrected chi connectivity index (χ1v) is 5.85. The third-order valence-corrected chi connectivity index (χ3v) is 2.89. The largest absolute Gasteiger partial charge is 0.481 e. The minimum absolute atomic E-state index is 0.182. The van der Waals surface area contributed by atoms with Crippen LogP contribution in [0.4, 0.5) is 0 Å². The van der Waals surface area contributed by atoms with Crippen LogP contribution in [0.1, 0.15) is 26.2 Å². The van der Waals surface area contributed by atoms with Gasteiger partial charge in [0, 0.05) is 32.6 Å². The zero-order valence-electron chi connectivity index (χ0n) is 9.81. The van der Waals surface area contributed by atoms with Gasteiger partial charge < -0.3 is 14.9 Å². The molecule has 1 saturated heterocycles. The van der Waals surface area contributed by atoms with E-state index in [9.17, 15) is 9.59 Å². The molecule has 1 aliphatic heterocycles. The highest BCUT2D eigenvalue weighted by molar-refractivity contribution is 5.75. The molecule has 92 valence electrons. The number of carbonyl (C=O) groups excluding carboxylic acids is 1. The lowest BCUT2D eigenvalue weighted by Gasteiger charge is -2.21. The van der Waals surface area contributed by atoms with Gasteiger partial charge in [-0.25, -0.2) is 0 Å². The number of amides is 1. The van der Waals surface area contributed by atoms with E-state index in [4.69, 9.17) is 5.11 Å². The van der Waals surface area contributed by atoms with Crippen molar-refractivity contribution in [3.8, 4) is 0 Å². The summed E-state index contributed by atoms with van der Waals surface area (Å²) >= 11 is 0. The van der Waals surface area contributed by atoms with Crippen LogP contribution in [0.25, 0.3) is 0 Å². The van der Waals surface area contributed by atoms with Crippen molar-refractivity contribution >= 4 is 11.9 Å². The molecule has 1 heterocycles. The van der Waals surface area contributed by atoms with Gasteiger partial charge in [-0.3, -0.25) is 9.59 Å². The number of hydrogen-bond donors (Lipinski definition) is 1. The van der Waals surface area contributed by atoms with Crippen LogP contribution in [-0.2, 0) is 9.59 Å². The molecule has 1 rings (SSSR count). The molecule has 0 bridgehead atoms. The first kappa shape index (κ1) is 13.0. The van der Waals surface area contributed by atoms with Gasteiger partial charge in [0.1, 0.15) is 0 Å². The smallest absolute Gasteiger partial charge is 0.304 e. The van der Waals surface area contributed by atoms with E-state index in [0.717, 1.165) is 32.6 Å². The van der Waals surface area contributed by atoms with Gasteiger partial charge in [-0.15, -0.1) is 0 Å². The molecular formula is C11H20N2O3. The Kier molecular flexibility index (Phi) is 5.25. The minimum atomic E-state index is -0.759. The Morgan fingerprint density at radius 2 is 1.94 bits per heavy atom. The topological polar surface area (TPSA) is 60.9 Å². The maximum absolute atomic E-state index is 11.5. The van der Waals surface area contributed by atoms with Crippen molar-refractivity contribution in [1.29, 1.82) is 0 Å². The average molecular weight is 228 g/mol. The van der Waals surface area contributed by atoms with Crippen molar-refractivity contribution in [2.24, 2.45) is 0 Å². The highest BCUT2D eigenvalue weighted by Crippen LogP contribution is 2.05. The molecule has 0 unspecified atom stereocenters. The molecule has 0 aliphatic carbocycles. The van der Waals surface area contributed by atoms with Crippen LogP contribution in [0.3, 0.4) is 0 Å². The molecule has 5 nitrogen and oxygen atoms in total. The van der Waals surface area contributed by atoms with Crippen LogP contribution in [0.5, 0.6) is 0 Å². The summed E-state index contributed by atoms with van der Waals surface area (Å²) < 4.78 is 0. The van der Waals surface area contributed by atoms with Gasteiger partial charge in [0.15, 0.2) is 0 Å². The Hall–Kier alpha value is -1.10. The van der Waals surface area contributed by atoms with Crippen molar-refractivity contribution in [3.63, 3.8) is 0 Å². The van der Waals surface area contributed by atoms with E-state index in [-0.39, 0.29) is 12.3 Å². The predicted molar refractivity (Wildman–Crippen MR) is 60.2 cm³/mol. The summed E-state index contributed by atoms with van der Waals surface area (Å²) in [4.78, 5) is 26.0. The molecule has 5 heteroatoms. The fourth-order valence-electron chi connectivity index (χ4n) is 1.92. The maximum atomic E-state index is 11.5. The maximum Gasteiger partial charge on any atom is 0.304 e. The number of hydrogen-bond acceptors (Lipinski definition) is 3. The first-order valence-electron chi connectivity index (χ1n) is 5.85. The van der Waals surface area contributed by atoms with Crippen molar-refractivity contribution in [2.45, 2.75) is 26.2 Å². The summed E-state index contributed by atoms with van der Waals surface area (Å²) in [6.45, 7) is 5.67. The molecule has 0 atom stereocenters. The third-order valence-electron chi connectivity index (χ3n) is 2.89. The van der Waals surface area contributed by atoms with Crippen molar-refractivity contribution in [2.75, 3.05) is 32.7 Å². The fraction of sp³-hybridized carbons (Fsp3) is 0.818. The fourth-order valence-corrected chi connectivity index (χ4v) is 1.92. The van der Waals surface area contributed by atoms with E-state index >= 15 is 0 Å². The van der Waals surface area contributed by atoms with Gasteiger partial charge in [-0.2, -0.15) is 0 Å². The van der Waals surface area contributed by atoms with Crippen LogP contribution in [-0.4, -0.2) is 59.5 Å². The number of rotatable bonds is 4.